The van der Waals surface area contributed by atoms with E-state index in [0.29, 0.717) is 16.5 Å². The van der Waals surface area contributed by atoms with Crippen molar-refractivity contribution in [1.29, 1.82) is 0 Å². The predicted molar refractivity (Wildman–Crippen MR) is 69.5 cm³/mol. The first-order valence-corrected chi connectivity index (χ1v) is 6.59. The zero-order valence-corrected chi connectivity index (χ0v) is 10.9. The molecule has 3 nitrogen and oxygen atoms in total. The van der Waals surface area contributed by atoms with E-state index in [9.17, 15) is 0 Å². The molecule has 0 spiro atoms. The van der Waals surface area contributed by atoms with Gasteiger partial charge in [0.1, 0.15) is 0 Å². The van der Waals surface area contributed by atoms with E-state index in [0.717, 1.165) is 26.1 Å². The summed E-state index contributed by atoms with van der Waals surface area (Å²) in [6, 6.07) is 0. The molecule has 0 bridgehead atoms. The Morgan fingerprint density at radius 1 is 1.56 bits per heavy atom. The van der Waals surface area contributed by atoms with Gasteiger partial charge in [-0.1, -0.05) is 12.2 Å². The summed E-state index contributed by atoms with van der Waals surface area (Å²) in [4.78, 5) is 3.06. The van der Waals surface area contributed by atoms with E-state index >= 15 is 0 Å². The van der Waals surface area contributed by atoms with Crippen molar-refractivity contribution in [3.05, 3.63) is 0 Å². The van der Waals surface area contributed by atoms with E-state index in [-0.39, 0.29) is 0 Å². The lowest BCUT2D eigenvalue weighted by Gasteiger charge is -2.25. The number of thiocarbonyl (C=S) groups is 1. The van der Waals surface area contributed by atoms with Crippen molar-refractivity contribution >= 4 is 17.2 Å². The van der Waals surface area contributed by atoms with E-state index in [1.54, 1.807) is 0 Å². The van der Waals surface area contributed by atoms with Crippen molar-refractivity contribution in [3.8, 4) is 0 Å². The minimum Gasteiger partial charge on any atom is -0.393 e. The van der Waals surface area contributed by atoms with Crippen molar-refractivity contribution < 1.29 is 4.74 Å². The fraction of sp³-hybridized carbons (Fsp3) is 0.917. The van der Waals surface area contributed by atoms with Crippen molar-refractivity contribution in [1.82, 2.24) is 4.90 Å². The number of hydrogen-bond acceptors (Lipinski definition) is 3. The van der Waals surface area contributed by atoms with Gasteiger partial charge < -0.3 is 15.4 Å². The summed E-state index contributed by atoms with van der Waals surface area (Å²) in [5.74, 6) is 0. The Labute approximate surface area is 103 Å². The Bertz CT molecular complexity index is 260. The third-order valence-electron chi connectivity index (χ3n) is 3.65. The molecule has 2 N–H and O–H groups in total. The maximum atomic E-state index is 5.65. The van der Waals surface area contributed by atoms with Gasteiger partial charge in [0.2, 0.25) is 0 Å². The molecule has 1 heterocycles. The van der Waals surface area contributed by atoms with E-state index in [4.69, 9.17) is 22.7 Å². The molecule has 92 valence electrons. The third-order valence-corrected chi connectivity index (χ3v) is 3.80. The first-order valence-electron chi connectivity index (χ1n) is 6.18. The van der Waals surface area contributed by atoms with Gasteiger partial charge in [-0.15, -0.1) is 0 Å². The van der Waals surface area contributed by atoms with Crippen molar-refractivity contribution in [2.75, 3.05) is 26.7 Å². The monoisotopic (exact) mass is 242 g/mol. The molecule has 16 heavy (non-hydrogen) atoms. The van der Waals surface area contributed by atoms with Crippen LogP contribution in [-0.4, -0.2) is 42.7 Å². The van der Waals surface area contributed by atoms with Crippen LogP contribution in [-0.2, 0) is 4.74 Å². The Hall–Kier alpha value is -0.190. The van der Waals surface area contributed by atoms with E-state index in [2.05, 4.69) is 11.9 Å². The second-order valence-corrected chi connectivity index (χ2v) is 6.00. The number of rotatable bonds is 6. The first kappa shape index (κ1) is 12.3. The lowest BCUT2D eigenvalue weighted by molar-refractivity contribution is 0.0755. The van der Waals surface area contributed by atoms with Crippen LogP contribution in [0.4, 0.5) is 0 Å². The van der Waals surface area contributed by atoms with Crippen LogP contribution in [0.1, 0.15) is 32.1 Å². The molecule has 0 amide bonds. The highest BCUT2D eigenvalue weighted by Gasteiger charge is 2.43. The normalized spacial score (nSPS) is 27.2. The van der Waals surface area contributed by atoms with Crippen LogP contribution in [0.5, 0.6) is 0 Å². The summed E-state index contributed by atoms with van der Waals surface area (Å²) in [6.07, 6.45) is 6.35. The lowest BCUT2D eigenvalue weighted by Crippen LogP contribution is -2.34. The Kier molecular flexibility index (Phi) is 3.82. The SMILES string of the molecule is CN(CC1CCCO1)CC1(CC(N)=S)CC1. The molecule has 1 unspecified atom stereocenters. The molecular formula is C12H22N2OS. The number of hydrogen-bond donors (Lipinski definition) is 1. The summed E-state index contributed by atoms with van der Waals surface area (Å²) < 4.78 is 5.65. The van der Waals surface area contributed by atoms with Gasteiger partial charge >= 0.3 is 0 Å². The summed E-state index contributed by atoms with van der Waals surface area (Å²) in [5.41, 5.74) is 6.05. The molecule has 1 atom stereocenters. The zero-order valence-electron chi connectivity index (χ0n) is 10.1. The fourth-order valence-corrected chi connectivity index (χ4v) is 3.02. The van der Waals surface area contributed by atoms with Crippen LogP contribution in [0, 0.1) is 5.41 Å². The quantitative estimate of drug-likeness (QED) is 0.717. The van der Waals surface area contributed by atoms with Crippen molar-refractivity contribution in [3.63, 3.8) is 0 Å². The first-order chi connectivity index (χ1) is 7.60. The van der Waals surface area contributed by atoms with Crippen molar-refractivity contribution in [2.24, 2.45) is 11.1 Å². The molecule has 0 aromatic carbocycles. The van der Waals surface area contributed by atoms with Gasteiger partial charge in [-0.3, -0.25) is 0 Å². The second-order valence-electron chi connectivity index (χ2n) is 5.47. The Morgan fingerprint density at radius 2 is 2.31 bits per heavy atom. The molecule has 1 saturated heterocycles. The molecule has 1 aliphatic heterocycles. The minimum atomic E-state index is 0.402. The molecule has 0 aromatic rings. The average molecular weight is 242 g/mol. The molecule has 0 aromatic heterocycles. The van der Waals surface area contributed by atoms with Crippen LogP contribution in [0.15, 0.2) is 0 Å². The molecular weight excluding hydrogens is 220 g/mol. The van der Waals surface area contributed by atoms with Crippen LogP contribution in [0.3, 0.4) is 0 Å². The van der Waals surface area contributed by atoms with Gasteiger partial charge in [0.05, 0.1) is 11.1 Å². The van der Waals surface area contributed by atoms with Crippen LogP contribution < -0.4 is 5.73 Å². The largest absolute Gasteiger partial charge is 0.393 e. The highest BCUT2D eigenvalue weighted by Crippen LogP contribution is 2.49. The highest BCUT2D eigenvalue weighted by atomic mass is 32.1. The summed E-state index contributed by atoms with van der Waals surface area (Å²) >= 11 is 5.01. The van der Waals surface area contributed by atoms with Gasteiger partial charge in [0, 0.05) is 26.1 Å². The molecule has 4 heteroatoms. The third kappa shape index (κ3) is 3.40. The zero-order chi connectivity index (χ0) is 11.6. The molecule has 0 radical (unpaired) electrons. The summed E-state index contributed by atoms with van der Waals surface area (Å²) in [6.45, 7) is 3.11. The number of ether oxygens (including phenoxy) is 1. The maximum Gasteiger partial charge on any atom is 0.0733 e. The standard InChI is InChI=1S/C12H22N2OS/c1-14(8-10-3-2-6-15-10)9-12(4-5-12)7-11(13)16/h10H,2-9H2,1H3,(H2,13,16). The van der Waals surface area contributed by atoms with Gasteiger partial charge in [0.25, 0.3) is 0 Å². The van der Waals surface area contributed by atoms with Gasteiger partial charge in [-0.25, -0.2) is 0 Å². The Balaban J connectivity index is 1.73. The van der Waals surface area contributed by atoms with Crippen LogP contribution in [0.25, 0.3) is 0 Å². The number of likely N-dealkylation sites (N-methyl/N-ethyl adjacent to an activating group) is 1. The average Bonchev–Trinajstić information content (AvgIpc) is 2.74. The fourth-order valence-electron chi connectivity index (χ4n) is 2.71. The minimum absolute atomic E-state index is 0.402. The predicted octanol–water partition coefficient (Wildman–Crippen LogP) is 1.55. The van der Waals surface area contributed by atoms with Gasteiger partial charge in [-0.05, 0) is 38.1 Å². The molecule has 1 aliphatic carbocycles. The summed E-state index contributed by atoms with van der Waals surface area (Å²) in [5, 5.41) is 0. The maximum absolute atomic E-state index is 5.65. The van der Waals surface area contributed by atoms with E-state index in [1.807, 2.05) is 0 Å². The summed E-state index contributed by atoms with van der Waals surface area (Å²) in [7, 11) is 2.18. The smallest absolute Gasteiger partial charge is 0.0733 e. The van der Waals surface area contributed by atoms with Crippen molar-refractivity contribution in [2.45, 2.75) is 38.2 Å². The molecule has 2 fully saturated rings. The molecule has 2 aliphatic rings. The molecule has 2 rings (SSSR count). The Morgan fingerprint density at radius 3 is 2.81 bits per heavy atom. The van der Waals surface area contributed by atoms with Crippen LogP contribution >= 0.6 is 12.2 Å². The van der Waals surface area contributed by atoms with Crippen LogP contribution in [0.2, 0.25) is 0 Å². The highest BCUT2D eigenvalue weighted by molar-refractivity contribution is 7.80. The van der Waals surface area contributed by atoms with E-state index < -0.39 is 0 Å². The number of nitrogens with two attached hydrogens (primary N) is 1. The van der Waals surface area contributed by atoms with E-state index in [1.165, 1.54) is 25.7 Å². The topological polar surface area (TPSA) is 38.5 Å². The number of nitrogens with zero attached hydrogens (tertiary/aromatic N) is 1. The van der Waals surface area contributed by atoms with Gasteiger partial charge in [0.15, 0.2) is 0 Å². The lowest BCUT2D eigenvalue weighted by atomic mass is 10.0. The second kappa shape index (κ2) is 4.98. The van der Waals surface area contributed by atoms with Gasteiger partial charge in [-0.2, -0.15) is 0 Å². The molecule has 1 saturated carbocycles.